The molecule has 3 rings (SSSR count). The number of anilines is 1. The third kappa shape index (κ3) is 3.23. The molecule has 1 unspecified atom stereocenters. The van der Waals surface area contributed by atoms with Crippen LogP contribution in [0.5, 0.6) is 0 Å². The zero-order chi connectivity index (χ0) is 15.6. The molecule has 1 aromatic carbocycles. The number of ether oxygens (including phenoxy) is 1. The molecule has 1 atom stereocenters. The maximum Gasteiger partial charge on any atom is 0.279 e. The van der Waals surface area contributed by atoms with Crippen molar-refractivity contribution in [2.24, 2.45) is 0 Å². The van der Waals surface area contributed by atoms with Crippen LogP contribution in [0, 0.1) is 6.57 Å². The van der Waals surface area contributed by atoms with Crippen molar-refractivity contribution in [1.29, 1.82) is 0 Å². The molecule has 1 saturated heterocycles. The second-order valence-corrected chi connectivity index (χ2v) is 7.07. The van der Waals surface area contributed by atoms with Crippen LogP contribution in [0.2, 0.25) is 0 Å². The molecular formula is C14H18N4O3S. The van der Waals surface area contributed by atoms with E-state index in [-0.39, 0.29) is 6.04 Å². The summed E-state index contributed by atoms with van der Waals surface area (Å²) in [4.78, 5) is 3.41. The van der Waals surface area contributed by atoms with Crippen LogP contribution in [-0.2, 0) is 21.4 Å². The lowest BCUT2D eigenvalue weighted by Crippen LogP contribution is -2.52. The molecule has 2 aliphatic rings. The van der Waals surface area contributed by atoms with Crippen molar-refractivity contribution in [3.63, 3.8) is 0 Å². The van der Waals surface area contributed by atoms with Gasteiger partial charge < -0.3 is 10.1 Å². The Kier molecular flexibility index (Phi) is 4.31. The van der Waals surface area contributed by atoms with E-state index in [0.29, 0.717) is 45.0 Å². The Morgan fingerprint density at radius 2 is 2.14 bits per heavy atom. The lowest BCUT2D eigenvalue weighted by molar-refractivity contribution is 0.0723. The van der Waals surface area contributed by atoms with Crippen molar-refractivity contribution in [3.8, 4) is 0 Å². The summed E-state index contributed by atoms with van der Waals surface area (Å²) in [6.45, 7) is 9.23. The molecule has 0 aromatic heterocycles. The molecule has 1 aromatic rings. The van der Waals surface area contributed by atoms with Crippen LogP contribution >= 0.6 is 0 Å². The second-order valence-electron chi connectivity index (χ2n) is 5.37. The fourth-order valence-electron chi connectivity index (χ4n) is 2.72. The monoisotopic (exact) mass is 322 g/mol. The average Bonchev–Trinajstić information content (AvgIpc) is 2.54. The molecule has 7 nitrogen and oxygen atoms in total. The van der Waals surface area contributed by atoms with Gasteiger partial charge in [0.2, 0.25) is 0 Å². The maximum absolute atomic E-state index is 12.4. The zero-order valence-electron chi connectivity index (χ0n) is 12.1. The number of fused-ring (bicyclic) bond motifs is 1. The summed E-state index contributed by atoms with van der Waals surface area (Å²) in [6.07, 6.45) is 0.579. The van der Waals surface area contributed by atoms with Crippen molar-refractivity contribution in [3.05, 3.63) is 35.2 Å². The number of nitrogens with one attached hydrogen (secondary N) is 2. The molecule has 0 amide bonds. The number of nitrogens with zero attached hydrogens (tertiary/aromatic N) is 2. The first kappa shape index (κ1) is 15.2. The third-order valence-corrected chi connectivity index (χ3v) is 5.52. The predicted octanol–water partition coefficient (Wildman–Crippen LogP) is 0.741. The molecular weight excluding hydrogens is 304 g/mol. The first-order valence-corrected chi connectivity index (χ1v) is 8.62. The second kappa shape index (κ2) is 6.22. The highest BCUT2D eigenvalue weighted by Crippen LogP contribution is 2.27. The Hall–Kier alpha value is -1.66. The zero-order valence-corrected chi connectivity index (χ0v) is 12.9. The van der Waals surface area contributed by atoms with Gasteiger partial charge in [-0.15, -0.1) is 0 Å². The summed E-state index contributed by atoms with van der Waals surface area (Å²) in [7, 11) is -3.50. The van der Waals surface area contributed by atoms with E-state index in [4.69, 9.17) is 11.3 Å². The fourth-order valence-corrected chi connectivity index (χ4v) is 4.08. The Morgan fingerprint density at radius 1 is 1.36 bits per heavy atom. The van der Waals surface area contributed by atoms with Crippen LogP contribution in [-0.4, -0.2) is 51.6 Å². The minimum atomic E-state index is -3.50. The first-order valence-electron chi connectivity index (χ1n) is 7.18. The van der Waals surface area contributed by atoms with Gasteiger partial charge in [0, 0.05) is 31.4 Å². The first-order chi connectivity index (χ1) is 10.6. The van der Waals surface area contributed by atoms with E-state index in [1.807, 2.05) is 12.1 Å². The molecule has 0 saturated carbocycles. The third-order valence-electron chi connectivity index (χ3n) is 3.85. The normalized spacial score (nSPS) is 22.4. The Bertz CT molecular complexity index is 693. The van der Waals surface area contributed by atoms with Gasteiger partial charge in [-0.25, -0.2) is 4.85 Å². The topological polar surface area (TPSA) is 75.0 Å². The summed E-state index contributed by atoms with van der Waals surface area (Å²) in [5.41, 5.74) is 2.50. The standard InChI is InChI=1S/C14H18N4O3S/c1-15-12-2-3-14-11(8-12)9-13(10-16-14)17-22(19,20)18-4-6-21-7-5-18/h2-3,8,13,16-17H,4-7,9-10H2. The highest BCUT2D eigenvalue weighted by atomic mass is 32.2. The van der Waals surface area contributed by atoms with Crippen LogP contribution in [0.3, 0.4) is 0 Å². The van der Waals surface area contributed by atoms with E-state index in [0.717, 1.165) is 11.3 Å². The minimum absolute atomic E-state index is 0.221. The van der Waals surface area contributed by atoms with Gasteiger partial charge in [0.05, 0.1) is 19.8 Å². The largest absolute Gasteiger partial charge is 0.383 e. The molecule has 8 heteroatoms. The van der Waals surface area contributed by atoms with E-state index in [9.17, 15) is 8.42 Å². The summed E-state index contributed by atoms with van der Waals surface area (Å²) in [5.74, 6) is 0. The molecule has 1 fully saturated rings. The van der Waals surface area contributed by atoms with E-state index in [1.54, 1.807) is 6.07 Å². The van der Waals surface area contributed by atoms with Crippen LogP contribution in [0.1, 0.15) is 5.56 Å². The van der Waals surface area contributed by atoms with Gasteiger partial charge >= 0.3 is 0 Å². The fraction of sp³-hybridized carbons (Fsp3) is 0.500. The summed E-state index contributed by atoms with van der Waals surface area (Å²) in [6, 6.07) is 5.22. The highest BCUT2D eigenvalue weighted by molar-refractivity contribution is 7.87. The van der Waals surface area contributed by atoms with Gasteiger partial charge in [-0.2, -0.15) is 17.4 Å². The SMILES string of the molecule is [C-]#[N+]c1ccc2c(c1)CC(NS(=O)(=O)N1CCOCC1)CN2. The smallest absolute Gasteiger partial charge is 0.279 e. The number of hydrogen-bond acceptors (Lipinski definition) is 4. The van der Waals surface area contributed by atoms with Gasteiger partial charge in [-0.05, 0) is 18.1 Å². The van der Waals surface area contributed by atoms with Crippen molar-refractivity contribution in [2.45, 2.75) is 12.5 Å². The predicted molar refractivity (Wildman–Crippen MR) is 83.1 cm³/mol. The molecule has 0 radical (unpaired) electrons. The van der Waals surface area contributed by atoms with Crippen LogP contribution in [0.15, 0.2) is 18.2 Å². The quantitative estimate of drug-likeness (QED) is 0.805. The van der Waals surface area contributed by atoms with E-state index in [1.165, 1.54) is 4.31 Å². The molecule has 0 aliphatic carbocycles. The number of morpholine rings is 1. The summed E-state index contributed by atoms with van der Waals surface area (Å²) in [5, 5.41) is 3.22. The Labute approximate surface area is 130 Å². The average molecular weight is 322 g/mol. The Morgan fingerprint density at radius 3 is 2.86 bits per heavy atom. The van der Waals surface area contributed by atoms with Crippen LogP contribution in [0.4, 0.5) is 11.4 Å². The minimum Gasteiger partial charge on any atom is -0.383 e. The van der Waals surface area contributed by atoms with Crippen LogP contribution < -0.4 is 10.0 Å². The van der Waals surface area contributed by atoms with Crippen molar-refractivity contribution in [1.82, 2.24) is 9.03 Å². The molecule has 118 valence electrons. The summed E-state index contributed by atoms with van der Waals surface area (Å²) < 4.78 is 34.1. The van der Waals surface area contributed by atoms with Gasteiger partial charge in [0.1, 0.15) is 0 Å². The van der Waals surface area contributed by atoms with Crippen LogP contribution in [0.25, 0.3) is 4.85 Å². The van der Waals surface area contributed by atoms with E-state index < -0.39 is 10.2 Å². The van der Waals surface area contributed by atoms with Gasteiger partial charge in [0.15, 0.2) is 5.69 Å². The van der Waals surface area contributed by atoms with Gasteiger partial charge in [0.25, 0.3) is 10.2 Å². The lowest BCUT2D eigenvalue weighted by Gasteiger charge is -2.31. The molecule has 22 heavy (non-hydrogen) atoms. The van der Waals surface area contributed by atoms with Crippen molar-refractivity contribution < 1.29 is 13.2 Å². The van der Waals surface area contributed by atoms with E-state index >= 15 is 0 Å². The van der Waals surface area contributed by atoms with Gasteiger partial charge in [-0.1, -0.05) is 12.1 Å². The lowest BCUT2D eigenvalue weighted by atomic mass is 10.00. The number of rotatable bonds is 3. The maximum atomic E-state index is 12.4. The highest BCUT2D eigenvalue weighted by Gasteiger charge is 2.28. The molecule has 2 N–H and O–H groups in total. The Balaban J connectivity index is 1.70. The number of hydrogen-bond donors (Lipinski definition) is 2. The molecule has 2 heterocycles. The molecule has 0 spiro atoms. The van der Waals surface area contributed by atoms with Crippen molar-refractivity contribution >= 4 is 21.6 Å². The van der Waals surface area contributed by atoms with Crippen molar-refractivity contribution in [2.75, 3.05) is 38.2 Å². The molecule has 2 aliphatic heterocycles. The molecule has 0 bridgehead atoms. The van der Waals surface area contributed by atoms with Gasteiger partial charge in [-0.3, -0.25) is 0 Å². The number of benzene rings is 1. The van der Waals surface area contributed by atoms with E-state index in [2.05, 4.69) is 14.9 Å². The summed E-state index contributed by atoms with van der Waals surface area (Å²) >= 11 is 0.